The van der Waals surface area contributed by atoms with Crippen molar-refractivity contribution in [2.75, 3.05) is 0 Å². The van der Waals surface area contributed by atoms with Gasteiger partial charge in [0.15, 0.2) is 5.69 Å². The molecule has 0 aliphatic carbocycles. The molecule has 3 aromatic heterocycles. The van der Waals surface area contributed by atoms with Gasteiger partial charge in [0, 0.05) is 27.8 Å². The summed E-state index contributed by atoms with van der Waals surface area (Å²) in [6.07, 6.45) is 3.71. The van der Waals surface area contributed by atoms with Crippen molar-refractivity contribution >= 4 is 29.1 Å². The summed E-state index contributed by atoms with van der Waals surface area (Å²) in [5.41, 5.74) is 4.94. The van der Waals surface area contributed by atoms with Crippen LogP contribution in [0.2, 0.25) is 0 Å². The number of rotatable bonds is 6. The zero-order chi connectivity index (χ0) is 24.3. The first kappa shape index (κ1) is 24.5. The Morgan fingerprint density at radius 3 is 2.48 bits per heavy atom. The predicted octanol–water partition coefficient (Wildman–Crippen LogP) is 6.00. The summed E-state index contributed by atoms with van der Waals surface area (Å²) in [4.78, 5) is 21.5. The lowest BCUT2D eigenvalue weighted by Gasteiger charge is -2.06. The monoisotopic (exact) mass is 478 g/mol. The summed E-state index contributed by atoms with van der Waals surface area (Å²) < 4.78 is 2.33. The lowest BCUT2D eigenvalue weighted by atomic mass is 10.0. The minimum absolute atomic E-state index is 0.0742. The number of hydrogen-bond donors (Lipinski definition) is 1. The quantitative estimate of drug-likeness (QED) is 0.266. The molecule has 0 aromatic carbocycles. The smallest absolute Gasteiger partial charge is 0.355 e. The van der Waals surface area contributed by atoms with Crippen LogP contribution in [0.3, 0.4) is 0 Å². The van der Waals surface area contributed by atoms with E-state index in [1.54, 1.807) is 11.8 Å². The van der Waals surface area contributed by atoms with Crippen LogP contribution in [0.5, 0.6) is 0 Å². The van der Waals surface area contributed by atoms with Gasteiger partial charge < -0.3 is 5.11 Å². The zero-order valence-electron chi connectivity index (χ0n) is 19.6. The summed E-state index contributed by atoms with van der Waals surface area (Å²) in [5.74, 6) is 5.04. The van der Waals surface area contributed by atoms with E-state index >= 15 is 0 Å². The molecule has 0 unspecified atom stereocenters. The third-order valence-electron chi connectivity index (χ3n) is 4.45. The van der Waals surface area contributed by atoms with Gasteiger partial charge in [0.2, 0.25) is 5.13 Å². The maximum Gasteiger partial charge on any atom is 0.355 e. The maximum atomic E-state index is 12.4. The molecular formula is C25H26N4O2S2. The molecule has 0 fully saturated rings. The molecule has 0 radical (unpaired) electrons. The second kappa shape index (κ2) is 10.2. The average Bonchev–Trinajstić information content (AvgIpc) is 3.26. The molecule has 0 aliphatic rings. The summed E-state index contributed by atoms with van der Waals surface area (Å²) in [5, 5.41) is 15.5. The SMILES string of the molecule is C=C(C#Cc1nc(-n2nc(C)c(-c3cc(C)nc(C)c3)c2C(=O)O)sc1SC(C)C)/C=C\C. The average molecular weight is 479 g/mol. The van der Waals surface area contributed by atoms with Crippen molar-refractivity contribution in [1.29, 1.82) is 0 Å². The molecular weight excluding hydrogens is 452 g/mol. The van der Waals surface area contributed by atoms with Crippen molar-refractivity contribution in [3.63, 3.8) is 0 Å². The van der Waals surface area contributed by atoms with Crippen LogP contribution in [0, 0.1) is 32.6 Å². The minimum atomic E-state index is -1.07. The molecule has 170 valence electrons. The van der Waals surface area contributed by atoms with E-state index in [0.29, 0.717) is 32.9 Å². The second-order valence-corrected chi connectivity index (χ2v) is 10.6. The predicted molar refractivity (Wildman–Crippen MR) is 135 cm³/mol. The van der Waals surface area contributed by atoms with Crippen molar-refractivity contribution in [1.82, 2.24) is 19.7 Å². The number of pyridine rings is 1. The van der Waals surface area contributed by atoms with Gasteiger partial charge >= 0.3 is 5.97 Å². The van der Waals surface area contributed by atoms with Crippen LogP contribution in [0.15, 0.2) is 40.6 Å². The maximum absolute atomic E-state index is 12.4. The van der Waals surface area contributed by atoms with Crippen LogP contribution in [0.25, 0.3) is 16.3 Å². The normalized spacial score (nSPS) is 11.1. The van der Waals surface area contributed by atoms with Gasteiger partial charge in [-0.25, -0.2) is 9.78 Å². The van der Waals surface area contributed by atoms with E-state index in [1.807, 2.05) is 52.0 Å². The number of carboxylic acids is 1. The number of carboxylic acid groups (broad SMARTS) is 1. The highest BCUT2D eigenvalue weighted by Crippen LogP contribution is 2.36. The zero-order valence-corrected chi connectivity index (χ0v) is 21.2. The summed E-state index contributed by atoms with van der Waals surface area (Å²) in [6, 6.07) is 3.75. The number of nitrogens with zero attached hydrogens (tertiary/aromatic N) is 4. The van der Waals surface area contributed by atoms with E-state index in [0.717, 1.165) is 21.2 Å². The van der Waals surface area contributed by atoms with Crippen LogP contribution in [-0.2, 0) is 0 Å². The number of thiazole rings is 1. The Kier molecular flexibility index (Phi) is 7.57. The molecule has 6 nitrogen and oxygen atoms in total. The molecule has 0 saturated heterocycles. The molecule has 0 atom stereocenters. The van der Waals surface area contributed by atoms with Crippen LogP contribution in [0.1, 0.15) is 54.0 Å². The van der Waals surface area contributed by atoms with Gasteiger partial charge in [-0.1, -0.05) is 49.8 Å². The first-order chi connectivity index (χ1) is 15.6. The van der Waals surface area contributed by atoms with E-state index in [-0.39, 0.29) is 5.69 Å². The third kappa shape index (κ3) is 5.62. The molecule has 0 amide bonds. The number of aryl methyl sites for hydroxylation is 3. The molecule has 1 N–H and O–H groups in total. The van der Waals surface area contributed by atoms with Gasteiger partial charge in [0.1, 0.15) is 5.69 Å². The lowest BCUT2D eigenvalue weighted by molar-refractivity contribution is 0.0688. The van der Waals surface area contributed by atoms with Gasteiger partial charge in [-0.05, 0) is 51.3 Å². The molecule has 0 saturated carbocycles. The van der Waals surface area contributed by atoms with E-state index < -0.39 is 5.97 Å². The van der Waals surface area contributed by atoms with Crippen LogP contribution >= 0.6 is 23.1 Å². The van der Waals surface area contributed by atoms with Crippen molar-refractivity contribution in [2.24, 2.45) is 0 Å². The van der Waals surface area contributed by atoms with Crippen molar-refractivity contribution in [3.05, 3.63) is 64.9 Å². The fourth-order valence-corrected chi connectivity index (χ4v) is 5.67. The van der Waals surface area contributed by atoms with E-state index in [2.05, 4.69) is 47.3 Å². The Balaban J connectivity index is 2.20. The highest BCUT2D eigenvalue weighted by atomic mass is 32.2. The molecule has 33 heavy (non-hydrogen) atoms. The Morgan fingerprint density at radius 1 is 1.24 bits per heavy atom. The largest absolute Gasteiger partial charge is 0.476 e. The second-order valence-electron chi connectivity index (χ2n) is 7.74. The van der Waals surface area contributed by atoms with E-state index in [1.165, 1.54) is 16.0 Å². The number of allylic oxidation sites excluding steroid dienone is 3. The Labute approximate surface area is 202 Å². The van der Waals surface area contributed by atoms with Crippen molar-refractivity contribution in [2.45, 2.75) is 51.0 Å². The van der Waals surface area contributed by atoms with Gasteiger partial charge in [-0.15, -0.1) is 11.8 Å². The number of hydrogen-bond acceptors (Lipinski definition) is 6. The fourth-order valence-electron chi connectivity index (χ4n) is 3.33. The molecule has 3 heterocycles. The van der Waals surface area contributed by atoms with Crippen molar-refractivity contribution < 1.29 is 9.90 Å². The van der Waals surface area contributed by atoms with Gasteiger partial charge in [0.25, 0.3) is 0 Å². The topological polar surface area (TPSA) is 80.9 Å². The summed E-state index contributed by atoms with van der Waals surface area (Å²) >= 11 is 3.03. The molecule has 3 aromatic rings. The molecule has 0 spiro atoms. The lowest BCUT2D eigenvalue weighted by Crippen LogP contribution is -2.09. The third-order valence-corrected chi connectivity index (χ3v) is 6.69. The van der Waals surface area contributed by atoms with Gasteiger partial charge in [-0.3, -0.25) is 4.98 Å². The summed E-state index contributed by atoms with van der Waals surface area (Å²) in [6.45, 7) is 15.6. The highest BCUT2D eigenvalue weighted by Gasteiger charge is 2.26. The van der Waals surface area contributed by atoms with E-state index in [4.69, 9.17) is 0 Å². The Bertz CT molecular complexity index is 1300. The fraction of sp³-hybridized carbons (Fsp3) is 0.280. The van der Waals surface area contributed by atoms with Gasteiger partial charge in [-0.2, -0.15) is 9.78 Å². The molecule has 0 bridgehead atoms. The molecule has 0 aliphatic heterocycles. The van der Waals surface area contributed by atoms with Crippen LogP contribution in [-0.4, -0.2) is 36.1 Å². The minimum Gasteiger partial charge on any atom is -0.476 e. The molecule has 3 rings (SSSR count). The first-order valence-electron chi connectivity index (χ1n) is 10.4. The van der Waals surface area contributed by atoms with Gasteiger partial charge in [0.05, 0.1) is 9.90 Å². The van der Waals surface area contributed by atoms with E-state index in [9.17, 15) is 9.90 Å². The highest BCUT2D eigenvalue weighted by molar-refractivity contribution is 8.01. The van der Waals surface area contributed by atoms with Crippen LogP contribution in [0.4, 0.5) is 0 Å². The van der Waals surface area contributed by atoms with Crippen molar-refractivity contribution in [3.8, 4) is 28.1 Å². The Hall–Kier alpha value is -3.15. The number of aromatic nitrogens is 4. The van der Waals surface area contributed by atoms with Crippen LogP contribution < -0.4 is 0 Å². The number of aromatic carboxylic acids is 1. The standard InChI is InChI=1S/C25H26N4O2S2/c1-8-9-15(4)10-11-20-24(32-14(2)3)33-25(27-20)29-22(23(30)31)21(18(7)28-29)19-12-16(5)26-17(6)13-19/h8-9,12-14H,4H2,1-3,5-7H3,(H,30,31)/b9-8-. The first-order valence-corrected chi connectivity index (χ1v) is 12.1. The summed E-state index contributed by atoms with van der Waals surface area (Å²) in [7, 11) is 0. The molecule has 8 heteroatoms. The number of thioether (sulfide) groups is 1. The number of carbonyl (C=O) groups is 1. The Morgan fingerprint density at radius 2 is 1.91 bits per heavy atom.